The van der Waals surface area contributed by atoms with Crippen LogP contribution in [-0.2, 0) is 6.42 Å². The quantitative estimate of drug-likeness (QED) is 0.710. The number of thiazole rings is 1. The first-order chi connectivity index (χ1) is 12.6. The minimum Gasteiger partial charge on any atom is -0.492 e. The fourth-order valence-corrected chi connectivity index (χ4v) is 5.01. The Kier molecular flexibility index (Phi) is 4.90. The third-order valence-corrected chi connectivity index (χ3v) is 6.37. The number of hydrogen-bond donors (Lipinski definition) is 1. The summed E-state index contributed by atoms with van der Waals surface area (Å²) in [5.74, 6) is 1.61. The first kappa shape index (κ1) is 17.8. The Hall–Kier alpha value is -1.63. The number of likely N-dealkylation sites (tertiary alicyclic amines) is 1. The van der Waals surface area contributed by atoms with Crippen LogP contribution in [0, 0.1) is 5.92 Å². The van der Waals surface area contributed by atoms with Crippen molar-refractivity contribution in [3.63, 3.8) is 0 Å². The van der Waals surface area contributed by atoms with Gasteiger partial charge in [0.1, 0.15) is 0 Å². The van der Waals surface area contributed by atoms with E-state index in [-0.39, 0.29) is 11.9 Å². The lowest BCUT2D eigenvalue weighted by Crippen LogP contribution is -2.37. The molecule has 0 unspecified atom stereocenters. The Morgan fingerprint density at radius 2 is 2.12 bits per heavy atom. The topological polar surface area (TPSA) is 53.7 Å². The van der Waals surface area contributed by atoms with Crippen LogP contribution in [0.1, 0.15) is 49.0 Å². The molecule has 1 aromatic carbocycles. The number of benzene rings is 1. The number of piperidine rings is 1. The summed E-state index contributed by atoms with van der Waals surface area (Å²) in [7, 11) is 0. The third kappa shape index (κ3) is 3.21. The minimum absolute atomic E-state index is 0.00593. The maximum absolute atomic E-state index is 10.9. The van der Waals surface area contributed by atoms with E-state index in [1.165, 1.54) is 24.2 Å². The zero-order valence-electron chi connectivity index (χ0n) is 15.0. The van der Waals surface area contributed by atoms with Gasteiger partial charge in [0.25, 0.3) is 0 Å². The maximum Gasteiger partial charge on any atom is 0.230 e. The molecule has 1 saturated heterocycles. The van der Waals surface area contributed by atoms with Gasteiger partial charge in [-0.15, -0.1) is 5.10 Å². The molecule has 0 saturated carbocycles. The molecule has 138 valence electrons. The second-order valence-corrected chi connectivity index (χ2v) is 8.51. The van der Waals surface area contributed by atoms with Gasteiger partial charge in [-0.1, -0.05) is 48.9 Å². The Bertz CT molecular complexity index is 904. The molecule has 0 spiro atoms. The molecule has 3 aromatic rings. The summed E-state index contributed by atoms with van der Waals surface area (Å²) in [4.78, 5) is 8.65. The number of halogens is 1. The number of nitrogens with zero attached hydrogens (tertiary/aromatic N) is 4. The molecule has 2 atom stereocenters. The van der Waals surface area contributed by atoms with Crippen LogP contribution < -0.4 is 0 Å². The number of aromatic nitrogens is 3. The predicted octanol–water partition coefficient (Wildman–Crippen LogP) is 4.53. The SMILES string of the molecule is CCc1nc2sc([C@@H](c3ccc(Cl)cc3)N3CCC[C@H](C)C3)c(O)n2n1. The lowest BCUT2D eigenvalue weighted by molar-refractivity contribution is 0.149. The molecule has 1 N–H and O–H groups in total. The highest BCUT2D eigenvalue weighted by Gasteiger charge is 2.31. The van der Waals surface area contributed by atoms with Gasteiger partial charge in [-0.2, -0.15) is 4.52 Å². The van der Waals surface area contributed by atoms with E-state index >= 15 is 0 Å². The molecular weight excluding hydrogens is 368 g/mol. The van der Waals surface area contributed by atoms with Crippen molar-refractivity contribution in [3.8, 4) is 5.88 Å². The van der Waals surface area contributed by atoms with Gasteiger partial charge < -0.3 is 5.11 Å². The van der Waals surface area contributed by atoms with E-state index in [0.29, 0.717) is 5.92 Å². The molecule has 3 heterocycles. The molecule has 0 amide bonds. The van der Waals surface area contributed by atoms with Crippen LogP contribution in [0.25, 0.3) is 4.96 Å². The van der Waals surface area contributed by atoms with Crippen LogP contribution in [0.5, 0.6) is 5.88 Å². The van der Waals surface area contributed by atoms with Gasteiger partial charge in [-0.3, -0.25) is 4.90 Å². The molecule has 1 fully saturated rings. The molecule has 0 radical (unpaired) electrons. The summed E-state index contributed by atoms with van der Waals surface area (Å²) in [6, 6.07) is 7.94. The minimum atomic E-state index is -0.00593. The molecule has 0 bridgehead atoms. The van der Waals surface area contributed by atoms with Crippen LogP contribution in [0.15, 0.2) is 24.3 Å². The van der Waals surface area contributed by atoms with Gasteiger partial charge in [0.15, 0.2) is 5.82 Å². The molecular formula is C19H23ClN4OS. The van der Waals surface area contributed by atoms with Gasteiger partial charge >= 0.3 is 0 Å². The van der Waals surface area contributed by atoms with E-state index in [0.717, 1.165) is 45.8 Å². The standard InChI is InChI=1S/C19H23ClN4OS/c1-3-15-21-19-24(22-15)18(25)17(26-19)16(13-6-8-14(20)9-7-13)23-10-4-5-12(2)11-23/h6-9,12,16,25H,3-5,10-11H2,1-2H3/t12-,16+/m0/s1. The van der Waals surface area contributed by atoms with Crippen molar-refractivity contribution in [2.75, 3.05) is 13.1 Å². The van der Waals surface area contributed by atoms with E-state index in [9.17, 15) is 5.11 Å². The van der Waals surface area contributed by atoms with Crippen molar-refractivity contribution in [1.29, 1.82) is 0 Å². The summed E-state index contributed by atoms with van der Waals surface area (Å²) in [6.07, 6.45) is 3.19. The van der Waals surface area contributed by atoms with E-state index < -0.39 is 0 Å². The highest BCUT2D eigenvalue weighted by molar-refractivity contribution is 7.17. The van der Waals surface area contributed by atoms with Gasteiger partial charge in [0.2, 0.25) is 10.8 Å². The second-order valence-electron chi connectivity index (χ2n) is 7.06. The Morgan fingerprint density at radius 3 is 2.77 bits per heavy atom. The normalized spacial score (nSPS) is 19.9. The van der Waals surface area contributed by atoms with Crippen molar-refractivity contribution >= 4 is 27.9 Å². The second kappa shape index (κ2) is 7.18. The highest BCUT2D eigenvalue weighted by Crippen LogP contribution is 2.41. The summed E-state index contributed by atoms with van der Waals surface area (Å²) >= 11 is 7.63. The molecule has 1 aliphatic heterocycles. The van der Waals surface area contributed by atoms with Gasteiger partial charge in [-0.05, 0) is 43.0 Å². The molecule has 1 aliphatic rings. The van der Waals surface area contributed by atoms with Crippen molar-refractivity contribution in [2.45, 2.75) is 39.2 Å². The average molecular weight is 391 g/mol. The molecule has 0 aliphatic carbocycles. The third-order valence-electron chi connectivity index (χ3n) is 5.05. The number of aryl methyl sites for hydroxylation is 1. The van der Waals surface area contributed by atoms with Crippen LogP contribution >= 0.6 is 22.9 Å². The Balaban J connectivity index is 1.80. The van der Waals surface area contributed by atoms with Crippen LogP contribution in [0.3, 0.4) is 0 Å². The van der Waals surface area contributed by atoms with Crippen molar-refractivity contribution in [2.24, 2.45) is 5.92 Å². The predicted molar refractivity (Wildman–Crippen MR) is 105 cm³/mol. The zero-order chi connectivity index (χ0) is 18.3. The summed E-state index contributed by atoms with van der Waals surface area (Å²) in [5, 5.41) is 16.0. The van der Waals surface area contributed by atoms with Crippen molar-refractivity contribution in [1.82, 2.24) is 19.5 Å². The van der Waals surface area contributed by atoms with E-state index in [4.69, 9.17) is 11.6 Å². The van der Waals surface area contributed by atoms with Gasteiger partial charge in [0, 0.05) is 18.0 Å². The van der Waals surface area contributed by atoms with Crippen LogP contribution in [0.4, 0.5) is 0 Å². The van der Waals surface area contributed by atoms with Crippen LogP contribution in [-0.4, -0.2) is 37.7 Å². The monoisotopic (exact) mass is 390 g/mol. The smallest absolute Gasteiger partial charge is 0.230 e. The van der Waals surface area contributed by atoms with Crippen molar-refractivity contribution in [3.05, 3.63) is 45.6 Å². The van der Waals surface area contributed by atoms with Crippen molar-refractivity contribution < 1.29 is 5.11 Å². The molecule has 4 rings (SSSR count). The Labute approximate surface area is 162 Å². The van der Waals surface area contributed by atoms with Crippen LogP contribution in [0.2, 0.25) is 5.02 Å². The van der Waals surface area contributed by atoms with E-state index in [2.05, 4.69) is 34.0 Å². The molecule has 26 heavy (non-hydrogen) atoms. The lowest BCUT2D eigenvalue weighted by atomic mass is 9.95. The van der Waals surface area contributed by atoms with E-state index in [1.807, 2.05) is 19.1 Å². The number of aromatic hydroxyl groups is 1. The lowest BCUT2D eigenvalue weighted by Gasteiger charge is -2.37. The zero-order valence-corrected chi connectivity index (χ0v) is 16.6. The number of rotatable bonds is 4. The fraction of sp³-hybridized carbons (Fsp3) is 0.474. The number of hydrogen-bond acceptors (Lipinski definition) is 5. The average Bonchev–Trinajstić information content (AvgIpc) is 3.17. The van der Waals surface area contributed by atoms with Gasteiger partial charge in [0.05, 0.1) is 10.9 Å². The maximum atomic E-state index is 10.9. The molecule has 2 aromatic heterocycles. The fourth-order valence-electron chi connectivity index (χ4n) is 3.75. The number of fused-ring (bicyclic) bond motifs is 1. The highest BCUT2D eigenvalue weighted by atomic mass is 35.5. The first-order valence-corrected chi connectivity index (χ1v) is 10.3. The summed E-state index contributed by atoms with van der Waals surface area (Å²) in [5.41, 5.74) is 1.14. The molecule has 5 nitrogen and oxygen atoms in total. The summed E-state index contributed by atoms with van der Waals surface area (Å²) in [6.45, 7) is 6.34. The molecule has 7 heteroatoms. The largest absolute Gasteiger partial charge is 0.492 e. The Morgan fingerprint density at radius 1 is 1.35 bits per heavy atom. The summed E-state index contributed by atoms with van der Waals surface area (Å²) < 4.78 is 1.58. The van der Waals surface area contributed by atoms with E-state index in [1.54, 1.807) is 4.52 Å². The van der Waals surface area contributed by atoms with Gasteiger partial charge in [-0.25, -0.2) is 4.98 Å². The first-order valence-electron chi connectivity index (χ1n) is 9.13.